The average Bonchev–Trinajstić information content (AvgIpc) is 2.74. The van der Waals surface area contributed by atoms with Crippen LogP contribution in [0.25, 0.3) is 11.1 Å². The zero-order valence-electron chi connectivity index (χ0n) is 17.4. The van der Waals surface area contributed by atoms with E-state index >= 15 is 0 Å². The largest absolute Gasteiger partial charge is 0.480 e. The molecule has 0 saturated carbocycles. The molecule has 30 heavy (non-hydrogen) atoms. The lowest BCUT2D eigenvalue weighted by Crippen LogP contribution is -2.52. The zero-order chi connectivity index (χ0) is 21.3. The lowest BCUT2D eigenvalue weighted by atomic mass is 9.78. The Kier molecular flexibility index (Phi) is 5.35. The fourth-order valence-electron chi connectivity index (χ4n) is 4.03. The maximum atomic E-state index is 11.6. The highest BCUT2D eigenvalue weighted by molar-refractivity contribution is 5.79. The molecule has 0 heterocycles. The van der Waals surface area contributed by atoms with Gasteiger partial charge >= 0.3 is 5.97 Å². The summed E-state index contributed by atoms with van der Waals surface area (Å²) in [6.07, 6.45) is 1.43. The van der Waals surface area contributed by atoms with E-state index < -0.39 is 11.5 Å². The van der Waals surface area contributed by atoms with Crippen LogP contribution in [0.5, 0.6) is 11.5 Å². The van der Waals surface area contributed by atoms with E-state index in [2.05, 4.69) is 44.2 Å². The normalized spacial score (nSPS) is 18.1. The number of carbonyl (C=O) groups is 1. The van der Waals surface area contributed by atoms with Gasteiger partial charge in [0.05, 0.1) is 0 Å². The molecule has 0 aromatic heterocycles. The molecule has 0 fully saturated rings. The van der Waals surface area contributed by atoms with E-state index in [0.717, 1.165) is 28.0 Å². The molecule has 4 heteroatoms. The van der Waals surface area contributed by atoms with Crippen molar-refractivity contribution in [2.45, 2.75) is 44.6 Å². The fraction of sp³-hybridized carbons (Fsp3) is 0.269. The summed E-state index contributed by atoms with van der Waals surface area (Å²) in [6.45, 7) is 4.37. The van der Waals surface area contributed by atoms with Crippen molar-refractivity contribution in [2.75, 3.05) is 0 Å². The van der Waals surface area contributed by atoms with Gasteiger partial charge in [-0.1, -0.05) is 62.4 Å². The van der Waals surface area contributed by atoms with Crippen molar-refractivity contribution in [1.82, 2.24) is 0 Å². The molecule has 154 valence electrons. The highest BCUT2D eigenvalue weighted by Gasteiger charge is 2.37. The second kappa shape index (κ2) is 7.96. The number of hydrogen-bond acceptors (Lipinski definition) is 3. The van der Waals surface area contributed by atoms with Crippen LogP contribution in [0.3, 0.4) is 0 Å². The van der Waals surface area contributed by atoms with Gasteiger partial charge in [0.2, 0.25) is 0 Å². The summed E-state index contributed by atoms with van der Waals surface area (Å²) in [5, 5.41) is 9.50. The van der Waals surface area contributed by atoms with Gasteiger partial charge in [-0.15, -0.1) is 0 Å². The van der Waals surface area contributed by atoms with Crippen LogP contribution in [0.4, 0.5) is 0 Å². The van der Waals surface area contributed by atoms with Gasteiger partial charge in [0.25, 0.3) is 0 Å². The molecule has 4 nitrogen and oxygen atoms in total. The lowest BCUT2D eigenvalue weighted by Gasteiger charge is -2.31. The predicted octanol–water partition coefficient (Wildman–Crippen LogP) is 5.54. The standard InChI is InChI=1S/C26H27NO3/c1-17(2)19-6-5-7-20(14-19)23-8-3-4-9-24(23)30-22-11-10-18-12-13-26(27,25(28)29)16-21(18)15-22/h3-11,14-15,17H,12-13,16,27H2,1-2H3,(H,28,29). The molecule has 0 amide bonds. The number of fused-ring (bicyclic) bond motifs is 1. The number of ether oxygens (including phenoxy) is 1. The average molecular weight is 402 g/mol. The van der Waals surface area contributed by atoms with Crippen LogP contribution < -0.4 is 10.5 Å². The first-order chi connectivity index (χ1) is 14.4. The minimum atomic E-state index is -1.21. The highest BCUT2D eigenvalue weighted by atomic mass is 16.5. The summed E-state index contributed by atoms with van der Waals surface area (Å²) in [5.41, 5.74) is 10.4. The van der Waals surface area contributed by atoms with Crippen LogP contribution in [-0.2, 0) is 17.6 Å². The third-order valence-corrected chi connectivity index (χ3v) is 5.93. The second-order valence-corrected chi connectivity index (χ2v) is 8.45. The molecule has 0 bridgehead atoms. The van der Waals surface area contributed by atoms with E-state index in [-0.39, 0.29) is 0 Å². The van der Waals surface area contributed by atoms with Gasteiger partial charge in [-0.25, -0.2) is 0 Å². The molecule has 1 aliphatic carbocycles. The molecule has 0 saturated heterocycles. The van der Waals surface area contributed by atoms with Crippen LogP contribution in [0.15, 0.2) is 66.7 Å². The number of para-hydroxylation sites is 1. The Balaban J connectivity index is 1.65. The Hall–Kier alpha value is -3.11. The predicted molar refractivity (Wildman–Crippen MR) is 119 cm³/mol. The quantitative estimate of drug-likeness (QED) is 0.589. The Morgan fingerprint density at radius 3 is 2.60 bits per heavy atom. The molecular formula is C26H27NO3. The van der Waals surface area contributed by atoms with Crippen molar-refractivity contribution >= 4 is 5.97 Å². The monoisotopic (exact) mass is 401 g/mol. The number of aliphatic carboxylic acids is 1. The smallest absolute Gasteiger partial charge is 0.324 e. The number of rotatable bonds is 5. The summed E-state index contributed by atoms with van der Waals surface area (Å²) in [4.78, 5) is 11.6. The Bertz CT molecular complexity index is 1090. The van der Waals surface area contributed by atoms with Crippen LogP contribution >= 0.6 is 0 Å². The Labute approximate surface area is 177 Å². The third kappa shape index (κ3) is 3.96. The number of nitrogens with two attached hydrogens (primary N) is 1. The number of hydrogen-bond donors (Lipinski definition) is 2. The van der Waals surface area contributed by atoms with Crippen molar-refractivity contribution in [3.8, 4) is 22.6 Å². The molecule has 4 rings (SSSR count). The molecule has 0 spiro atoms. The molecule has 0 radical (unpaired) electrons. The first kappa shape index (κ1) is 20.2. The maximum Gasteiger partial charge on any atom is 0.324 e. The molecule has 1 aliphatic rings. The van der Waals surface area contributed by atoms with Crippen LogP contribution in [0.1, 0.15) is 42.9 Å². The van der Waals surface area contributed by atoms with Crippen molar-refractivity contribution in [2.24, 2.45) is 5.73 Å². The molecule has 1 unspecified atom stereocenters. The van der Waals surface area contributed by atoms with Gasteiger partial charge in [0, 0.05) is 12.0 Å². The molecule has 1 atom stereocenters. The van der Waals surface area contributed by atoms with Gasteiger partial charge in [-0.2, -0.15) is 0 Å². The number of carboxylic acids is 1. The molecule has 3 N–H and O–H groups in total. The van der Waals surface area contributed by atoms with Gasteiger partial charge in [-0.3, -0.25) is 4.79 Å². The minimum absolute atomic E-state index is 0.312. The summed E-state index contributed by atoms with van der Waals surface area (Å²) in [5.74, 6) is 0.960. The van der Waals surface area contributed by atoms with Crippen molar-refractivity contribution in [1.29, 1.82) is 0 Å². The Morgan fingerprint density at radius 1 is 1.03 bits per heavy atom. The number of benzene rings is 3. The van der Waals surface area contributed by atoms with Crippen LogP contribution in [-0.4, -0.2) is 16.6 Å². The van der Waals surface area contributed by atoms with E-state index in [4.69, 9.17) is 10.5 Å². The first-order valence-electron chi connectivity index (χ1n) is 10.4. The summed E-state index contributed by atoms with van der Waals surface area (Å²) in [6, 6.07) is 22.4. The van der Waals surface area contributed by atoms with Gasteiger partial charge in [0.15, 0.2) is 0 Å². The van der Waals surface area contributed by atoms with Crippen LogP contribution in [0, 0.1) is 0 Å². The second-order valence-electron chi connectivity index (χ2n) is 8.45. The molecule has 3 aromatic carbocycles. The summed E-state index contributed by atoms with van der Waals surface area (Å²) < 4.78 is 6.27. The van der Waals surface area contributed by atoms with Crippen LogP contribution in [0.2, 0.25) is 0 Å². The van der Waals surface area contributed by atoms with E-state index in [1.54, 1.807) is 0 Å². The van der Waals surface area contributed by atoms with Crippen molar-refractivity contribution in [3.05, 3.63) is 83.4 Å². The van der Waals surface area contributed by atoms with Gasteiger partial charge in [-0.05, 0) is 59.2 Å². The van der Waals surface area contributed by atoms with Gasteiger partial charge < -0.3 is 15.6 Å². The van der Waals surface area contributed by atoms with Gasteiger partial charge in [0.1, 0.15) is 17.0 Å². The van der Waals surface area contributed by atoms with E-state index in [9.17, 15) is 9.90 Å². The fourth-order valence-corrected chi connectivity index (χ4v) is 4.03. The topological polar surface area (TPSA) is 72.5 Å². The highest BCUT2D eigenvalue weighted by Crippen LogP contribution is 2.36. The lowest BCUT2D eigenvalue weighted by molar-refractivity contribution is -0.143. The van der Waals surface area contributed by atoms with Crippen molar-refractivity contribution in [3.63, 3.8) is 0 Å². The maximum absolute atomic E-state index is 11.6. The molecular weight excluding hydrogens is 374 g/mol. The number of carboxylic acid groups (broad SMARTS) is 1. The number of aryl methyl sites for hydroxylation is 1. The zero-order valence-corrected chi connectivity index (χ0v) is 17.4. The summed E-state index contributed by atoms with van der Waals surface area (Å²) >= 11 is 0. The van der Waals surface area contributed by atoms with E-state index in [0.29, 0.717) is 30.9 Å². The van der Waals surface area contributed by atoms with E-state index in [1.807, 2.05) is 36.4 Å². The molecule has 3 aromatic rings. The Morgan fingerprint density at radius 2 is 1.83 bits per heavy atom. The van der Waals surface area contributed by atoms with E-state index in [1.165, 1.54) is 5.56 Å². The summed E-state index contributed by atoms with van der Waals surface area (Å²) in [7, 11) is 0. The minimum Gasteiger partial charge on any atom is -0.480 e. The van der Waals surface area contributed by atoms with Crippen molar-refractivity contribution < 1.29 is 14.6 Å². The third-order valence-electron chi connectivity index (χ3n) is 5.93. The first-order valence-corrected chi connectivity index (χ1v) is 10.4. The molecule has 0 aliphatic heterocycles. The SMILES string of the molecule is CC(C)c1cccc(-c2ccccc2Oc2ccc3c(c2)CC(N)(C(=O)O)CC3)c1.